The van der Waals surface area contributed by atoms with Crippen molar-refractivity contribution < 1.29 is 19.1 Å². The fourth-order valence-electron chi connectivity index (χ4n) is 2.61. The number of likely N-dealkylation sites (tertiary alicyclic amines) is 1. The fourth-order valence-corrected chi connectivity index (χ4v) is 2.61. The minimum atomic E-state index is -0.147. The summed E-state index contributed by atoms with van der Waals surface area (Å²) in [5.41, 5.74) is 1.01. The molecule has 126 valence electrons. The number of methoxy groups -OCH3 is 1. The third-order valence-corrected chi connectivity index (χ3v) is 4.00. The first-order valence-electron chi connectivity index (χ1n) is 7.96. The quantitative estimate of drug-likeness (QED) is 0.844. The average Bonchev–Trinajstić information content (AvgIpc) is 2.60. The van der Waals surface area contributed by atoms with Crippen molar-refractivity contribution in [3.05, 3.63) is 29.8 Å². The Morgan fingerprint density at radius 1 is 1.22 bits per heavy atom. The summed E-state index contributed by atoms with van der Waals surface area (Å²) < 4.78 is 10.1. The number of amides is 2. The third kappa shape index (κ3) is 4.87. The second kappa shape index (κ2) is 8.41. The Bertz CT molecular complexity index is 522. The number of rotatable bonds is 5. The Hall–Kier alpha value is -2.24. The molecule has 1 aliphatic rings. The Morgan fingerprint density at radius 3 is 2.43 bits per heavy atom. The highest BCUT2D eigenvalue weighted by molar-refractivity contribution is 5.76. The van der Waals surface area contributed by atoms with Gasteiger partial charge in [0.25, 0.3) is 0 Å². The second-order valence-electron chi connectivity index (χ2n) is 5.52. The molecule has 0 aliphatic carbocycles. The molecule has 0 saturated carbocycles. The number of urea groups is 1. The molecule has 0 unspecified atom stereocenters. The van der Waals surface area contributed by atoms with E-state index in [1.165, 1.54) is 0 Å². The van der Waals surface area contributed by atoms with E-state index in [-0.39, 0.29) is 17.9 Å². The van der Waals surface area contributed by atoms with E-state index in [1.54, 1.807) is 18.9 Å². The molecule has 1 aliphatic heterocycles. The normalized spacial score (nSPS) is 15.1. The molecule has 1 fully saturated rings. The molecule has 0 bridgehead atoms. The van der Waals surface area contributed by atoms with Crippen LogP contribution in [-0.2, 0) is 16.1 Å². The van der Waals surface area contributed by atoms with Crippen LogP contribution in [0.5, 0.6) is 5.75 Å². The van der Waals surface area contributed by atoms with Crippen molar-refractivity contribution in [2.45, 2.75) is 26.3 Å². The van der Waals surface area contributed by atoms with Gasteiger partial charge in [0.15, 0.2) is 0 Å². The van der Waals surface area contributed by atoms with Crippen LogP contribution in [0, 0.1) is 5.92 Å². The molecule has 1 aromatic carbocycles. The SMILES string of the molecule is CCOC(=O)C1CCN(C(=O)NCc2ccc(OC)cc2)CC1. The number of nitrogens with zero attached hydrogens (tertiary/aromatic N) is 1. The molecule has 1 aromatic rings. The number of carbonyl (C=O) groups excluding carboxylic acids is 2. The van der Waals surface area contributed by atoms with Crippen molar-refractivity contribution in [1.82, 2.24) is 10.2 Å². The average molecular weight is 320 g/mol. The van der Waals surface area contributed by atoms with Gasteiger partial charge in [0.1, 0.15) is 5.75 Å². The summed E-state index contributed by atoms with van der Waals surface area (Å²) >= 11 is 0. The summed E-state index contributed by atoms with van der Waals surface area (Å²) in [6.07, 6.45) is 1.32. The highest BCUT2D eigenvalue weighted by Crippen LogP contribution is 2.19. The minimum Gasteiger partial charge on any atom is -0.497 e. The summed E-state index contributed by atoms with van der Waals surface area (Å²) in [6.45, 7) is 3.84. The molecule has 6 nitrogen and oxygen atoms in total. The molecule has 0 spiro atoms. The summed E-state index contributed by atoms with van der Waals surface area (Å²) in [5.74, 6) is 0.562. The first-order chi connectivity index (χ1) is 11.1. The van der Waals surface area contributed by atoms with Crippen molar-refractivity contribution >= 4 is 12.0 Å². The van der Waals surface area contributed by atoms with Crippen molar-refractivity contribution in [2.75, 3.05) is 26.8 Å². The van der Waals surface area contributed by atoms with Gasteiger partial charge in [0.05, 0.1) is 19.6 Å². The van der Waals surface area contributed by atoms with Crippen LogP contribution >= 0.6 is 0 Å². The molecule has 2 amide bonds. The van der Waals surface area contributed by atoms with Crippen molar-refractivity contribution in [3.63, 3.8) is 0 Å². The van der Waals surface area contributed by atoms with Gasteiger partial charge in [-0.2, -0.15) is 0 Å². The van der Waals surface area contributed by atoms with E-state index in [2.05, 4.69) is 5.32 Å². The number of esters is 1. The summed E-state index contributed by atoms with van der Waals surface area (Å²) in [6, 6.07) is 7.49. The fraction of sp³-hybridized carbons (Fsp3) is 0.529. The van der Waals surface area contributed by atoms with E-state index >= 15 is 0 Å². The number of ether oxygens (including phenoxy) is 2. The van der Waals surface area contributed by atoms with Crippen LogP contribution in [0.15, 0.2) is 24.3 Å². The molecule has 0 atom stereocenters. The molecule has 1 heterocycles. The molecular weight excluding hydrogens is 296 g/mol. The topological polar surface area (TPSA) is 67.9 Å². The summed E-state index contributed by atoms with van der Waals surface area (Å²) in [7, 11) is 1.62. The lowest BCUT2D eigenvalue weighted by Crippen LogP contribution is -2.45. The van der Waals surface area contributed by atoms with Gasteiger partial charge in [0.2, 0.25) is 0 Å². The molecule has 2 rings (SSSR count). The first kappa shape index (κ1) is 17.1. The van der Waals surface area contributed by atoms with Crippen LogP contribution in [-0.4, -0.2) is 43.7 Å². The lowest BCUT2D eigenvalue weighted by Gasteiger charge is -2.30. The van der Waals surface area contributed by atoms with Gasteiger partial charge < -0.3 is 19.7 Å². The van der Waals surface area contributed by atoms with Crippen molar-refractivity contribution in [1.29, 1.82) is 0 Å². The predicted molar refractivity (Wildman–Crippen MR) is 86.2 cm³/mol. The largest absolute Gasteiger partial charge is 0.497 e. The second-order valence-corrected chi connectivity index (χ2v) is 5.52. The molecule has 0 aromatic heterocycles. The maximum atomic E-state index is 12.2. The van der Waals surface area contributed by atoms with Crippen molar-refractivity contribution in [3.8, 4) is 5.75 Å². The minimum absolute atomic E-state index is 0.0828. The number of benzene rings is 1. The highest BCUT2D eigenvalue weighted by atomic mass is 16.5. The number of hydrogen-bond acceptors (Lipinski definition) is 4. The van der Waals surface area contributed by atoms with Crippen LogP contribution in [0.4, 0.5) is 4.79 Å². The molecule has 0 radical (unpaired) electrons. The van der Waals surface area contributed by atoms with E-state index < -0.39 is 0 Å². The number of nitrogens with one attached hydrogen (secondary N) is 1. The number of piperidine rings is 1. The van der Waals surface area contributed by atoms with Gasteiger partial charge in [-0.05, 0) is 37.5 Å². The monoisotopic (exact) mass is 320 g/mol. The van der Waals surface area contributed by atoms with E-state index in [9.17, 15) is 9.59 Å². The Kier molecular flexibility index (Phi) is 6.26. The van der Waals surface area contributed by atoms with Crippen LogP contribution in [0.1, 0.15) is 25.3 Å². The van der Waals surface area contributed by atoms with Gasteiger partial charge in [0, 0.05) is 19.6 Å². The van der Waals surface area contributed by atoms with Gasteiger partial charge in [-0.25, -0.2) is 4.79 Å². The maximum Gasteiger partial charge on any atom is 0.317 e. The van der Waals surface area contributed by atoms with Crippen LogP contribution in [0.25, 0.3) is 0 Å². The van der Waals surface area contributed by atoms with Gasteiger partial charge in [-0.15, -0.1) is 0 Å². The van der Waals surface area contributed by atoms with E-state index in [0.29, 0.717) is 39.1 Å². The lowest BCUT2D eigenvalue weighted by atomic mass is 9.97. The summed E-state index contributed by atoms with van der Waals surface area (Å²) in [4.78, 5) is 25.6. The van der Waals surface area contributed by atoms with Crippen LogP contribution in [0.3, 0.4) is 0 Å². The molecule has 23 heavy (non-hydrogen) atoms. The Morgan fingerprint density at radius 2 is 1.87 bits per heavy atom. The van der Waals surface area contributed by atoms with Crippen LogP contribution < -0.4 is 10.1 Å². The highest BCUT2D eigenvalue weighted by Gasteiger charge is 2.27. The van der Waals surface area contributed by atoms with E-state index in [0.717, 1.165) is 11.3 Å². The van der Waals surface area contributed by atoms with Gasteiger partial charge in [-0.1, -0.05) is 12.1 Å². The van der Waals surface area contributed by atoms with Crippen LogP contribution in [0.2, 0.25) is 0 Å². The molecular formula is C17H24N2O4. The van der Waals surface area contributed by atoms with Gasteiger partial charge in [-0.3, -0.25) is 4.79 Å². The predicted octanol–water partition coefficient (Wildman–Crippen LogP) is 2.18. The van der Waals surface area contributed by atoms with Gasteiger partial charge >= 0.3 is 12.0 Å². The number of carbonyl (C=O) groups is 2. The third-order valence-electron chi connectivity index (χ3n) is 4.00. The smallest absolute Gasteiger partial charge is 0.317 e. The zero-order valence-corrected chi connectivity index (χ0v) is 13.7. The maximum absolute atomic E-state index is 12.2. The number of hydrogen-bond donors (Lipinski definition) is 1. The zero-order valence-electron chi connectivity index (χ0n) is 13.7. The van der Waals surface area contributed by atoms with E-state index in [1.807, 2.05) is 24.3 Å². The molecule has 6 heteroatoms. The van der Waals surface area contributed by atoms with Crippen molar-refractivity contribution in [2.24, 2.45) is 5.92 Å². The zero-order chi connectivity index (χ0) is 16.7. The first-order valence-corrected chi connectivity index (χ1v) is 7.96. The summed E-state index contributed by atoms with van der Waals surface area (Å²) in [5, 5.41) is 2.91. The Labute approximate surface area is 136 Å². The molecule has 1 saturated heterocycles. The lowest BCUT2D eigenvalue weighted by molar-refractivity contribution is -0.149. The van der Waals surface area contributed by atoms with E-state index in [4.69, 9.17) is 9.47 Å². The molecule has 1 N–H and O–H groups in total. The Balaban J connectivity index is 1.75. The standard InChI is InChI=1S/C17H24N2O4/c1-3-23-16(20)14-8-10-19(11-9-14)17(21)18-12-13-4-6-15(22-2)7-5-13/h4-7,14H,3,8-12H2,1-2H3,(H,18,21).